The normalized spacial score (nSPS) is 10.8. The third-order valence-electron chi connectivity index (χ3n) is 3.82. The highest BCUT2D eigenvalue weighted by Gasteiger charge is 2.11. The summed E-state index contributed by atoms with van der Waals surface area (Å²) in [5.74, 6) is 1.41. The Hall–Kier alpha value is -2.94. The average molecular weight is 408 g/mol. The lowest BCUT2D eigenvalue weighted by Crippen LogP contribution is -2.32. The molecule has 2 aromatic rings. The molecular formula is C19H24N2O6S. The number of nitrogens with one attached hydrogen (secondary N) is 1. The summed E-state index contributed by atoms with van der Waals surface area (Å²) in [4.78, 5) is 11.9. The number of hydrogen-bond acceptors (Lipinski definition) is 6. The summed E-state index contributed by atoms with van der Waals surface area (Å²) in [6.45, 7) is 0.451. The maximum absolute atomic E-state index is 11.9. The Kier molecular flexibility index (Phi) is 7.51. The molecule has 0 heterocycles. The van der Waals surface area contributed by atoms with Gasteiger partial charge in [0.1, 0.15) is 12.4 Å². The van der Waals surface area contributed by atoms with Gasteiger partial charge in [-0.25, -0.2) is 8.42 Å². The van der Waals surface area contributed by atoms with Crippen molar-refractivity contribution in [3.8, 4) is 17.2 Å². The highest BCUT2D eigenvalue weighted by Crippen LogP contribution is 2.25. The lowest BCUT2D eigenvalue weighted by Gasteiger charge is -2.16. The van der Waals surface area contributed by atoms with Crippen molar-refractivity contribution < 1.29 is 27.4 Å². The van der Waals surface area contributed by atoms with E-state index in [1.165, 1.54) is 7.05 Å². The van der Waals surface area contributed by atoms with E-state index in [-0.39, 0.29) is 12.5 Å². The molecule has 0 aliphatic rings. The van der Waals surface area contributed by atoms with Crippen LogP contribution >= 0.6 is 0 Å². The molecule has 1 amide bonds. The van der Waals surface area contributed by atoms with Gasteiger partial charge in [0.25, 0.3) is 5.91 Å². The molecule has 0 aliphatic carbocycles. The van der Waals surface area contributed by atoms with Crippen molar-refractivity contribution in [3.05, 3.63) is 48.5 Å². The lowest BCUT2D eigenvalue weighted by atomic mass is 10.3. The first-order valence-electron chi connectivity index (χ1n) is 8.50. The minimum absolute atomic E-state index is 0.157. The standard InChI is InChI=1S/C19H24N2O6S/c1-21(28(3,23)24)15-8-10-16(11-9-15)27-14-19(22)20-12-13-26-18-7-5-4-6-17(18)25-2/h4-11H,12-14H2,1-3H3,(H,20,22). The minimum Gasteiger partial charge on any atom is -0.493 e. The van der Waals surface area contributed by atoms with Crippen LogP contribution in [0.5, 0.6) is 17.2 Å². The van der Waals surface area contributed by atoms with Gasteiger partial charge < -0.3 is 19.5 Å². The van der Waals surface area contributed by atoms with Gasteiger partial charge in [0.15, 0.2) is 18.1 Å². The number of carbonyl (C=O) groups is 1. The smallest absolute Gasteiger partial charge is 0.258 e. The number of nitrogens with zero attached hydrogens (tertiary/aromatic N) is 1. The van der Waals surface area contributed by atoms with Gasteiger partial charge in [0.2, 0.25) is 10.0 Å². The van der Waals surface area contributed by atoms with Crippen LogP contribution in [0.4, 0.5) is 5.69 Å². The van der Waals surface area contributed by atoms with E-state index in [1.807, 2.05) is 12.1 Å². The van der Waals surface area contributed by atoms with Gasteiger partial charge in [-0.05, 0) is 36.4 Å². The summed E-state index contributed by atoms with van der Waals surface area (Å²) in [5, 5.41) is 2.69. The third-order valence-corrected chi connectivity index (χ3v) is 5.02. The third kappa shape index (κ3) is 6.34. The molecule has 2 aromatic carbocycles. The number of sulfonamides is 1. The minimum atomic E-state index is -3.32. The van der Waals surface area contributed by atoms with Crippen LogP contribution in [0.15, 0.2) is 48.5 Å². The molecule has 28 heavy (non-hydrogen) atoms. The van der Waals surface area contributed by atoms with Crippen LogP contribution in [0.2, 0.25) is 0 Å². The van der Waals surface area contributed by atoms with E-state index < -0.39 is 10.0 Å². The van der Waals surface area contributed by atoms with Crippen molar-refractivity contribution in [3.63, 3.8) is 0 Å². The van der Waals surface area contributed by atoms with Crippen LogP contribution in [-0.2, 0) is 14.8 Å². The number of carbonyl (C=O) groups excluding carboxylic acids is 1. The van der Waals surface area contributed by atoms with Gasteiger partial charge in [0, 0.05) is 7.05 Å². The van der Waals surface area contributed by atoms with E-state index in [0.29, 0.717) is 36.1 Å². The summed E-state index contributed by atoms with van der Waals surface area (Å²) in [6, 6.07) is 13.7. The summed E-state index contributed by atoms with van der Waals surface area (Å²) < 4.78 is 40.3. The number of methoxy groups -OCH3 is 1. The number of ether oxygens (including phenoxy) is 3. The predicted octanol–water partition coefficient (Wildman–Crippen LogP) is 1.66. The topological polar surface area (TPSA) is 94.2 Å². The van der Waals surface area contributed by atoms with E-state index in [9.17, 15) is 13.2 Å². The van der Waals surface area contributed by atoms with E-state index in [0.717, 1.165) is 10.6 Å². The molecule has 0 bridgehead atoms. The summed E-state index contributed by atoms with van der Waals surface area (Å²) in [7, 11) is -0.297. The van der Waals surface area contributed by atoms with Gasteiger partial charge >= 0.3 is 0 Å². The first-order chi connectivity index (χ1) is 13.3. The van der Waals surface area contributed by atoms with E-state index in [2.05, 4.69) is 5.32 Å². The quantitative estimate of drug-likeness (QED) is 0.601. The molecule has 152 valence electrons. The van der Waals surface area contributed by atoms with Crippen LogP contribution in [0, 0.1) is 0 Å². The van der Waals surface area contributed by atoms with Crippen LogP contribution in [-0.4, -0.2) is 54.5 Å². The zero-order chi connectivity index (χ0) is 20.6. The molecule has 0 aliphatic heterocycles. The number of para-hydroxylation sites is 2. The molecule has 0 saturated heterocycles. The second-order valence-electron chi connectivity index (χ2n) is 5.86. The van der Waals surface area contributed by atoms with Crippen LogP contribution in [0.1, 0.15) is 0 Å². The average Bonchev–Trinajstić information content (AvgIpc) is 2.69. The zero-order valence-electron chi connectivity index (χ0n) is 16.0. The van der Waals surface area contributed by atoms with Crippen LogP contribution < -0.4 is 23.8 Å². The largest absolute Gasteiger partial charge is 0.493 e. The molecule has 0 radical (unpaired) electrons. The molecule has 8 nitrogen and oxygen atoms in total. The summed E-state index contributed by atoms with van der Waals surface area (Å²) in [5.41, 5.74) is 0.507. The Morgan fingerprint density at radius 3 is 2.29 bits per heavy atom. The van der Waals surface area contributed by atoms with Crippen molar-refractivity contribution in [2.24, 2.45) is 0 Å². The Morgan fingerprint density at radius 1 is 1.04 bits per heavy atom. The lowest BCUT2D eigenvalue weighted by molar-refractivity contribution is -0.123. The van der Waals surface area contributed by atoms with Crippen molar-refractivity contribution in [2.45, 2.75) is 0 Å². The van der Waals surface area contributed by atoms with Gasteiger partial charge in [-0.15, -0.1) is 0 Å². The summed E-state index contributed by atoms with van der Waals surface area (Å²) in [6.07, 6.45) is 1.12. The van der Waals surface area contributed by atoms with E-state index >= 15 is 0 Å². The molecule has 9 heteroatoms. The number of hydrogen-bond donors (Lipinski definition) is 1. The number of amides is 1. The fourth-order valence-electron chi connectivity index (χ4n) is 2.23. The molecule has 0 spiro atoms. The van der Waals surface area contributed by atoms with Crippen molar-refractivity contribution >= 4 is 21.6 Å². The van der Waals surface area contributed by atoms with Crippen molar-refractivity contribution in [2.75, 3.05) is 44.5 Å². The fourth-order valence-corrected chi connectivity index (χ4v) is 2.74. The molecule has 2 rings (SSSR count). The molecule has 1 N–H and O–H groups in total. The second-order valence-corrected chi connectivity index (χ2v) is 7.88. The maximum Gasteiger partial charge on any atom is 0.258 e. The van der Waals surface area contributed by atoms with Gasteiger partial charge in [-0.2, -0.15) is 0 Å². The van der Waals surface area contributed by atoms with Crippen molar-refractivity contribution in [1.82, 2.24) is 5.32 Å². The van der Waals surface area contributed by atoms with Crippen LogP contribution in [0.25, 0.3) is 0 Å². The molecule has 0 unspecified atom stereocenters. The maximum atomic E-state index is 11.9. The Bertz CT molecular complexity index is 884. The van der Waals surface area contributed by atoms with Gasteiger partial charge in [0.05, 0.1) is 25.6 Å². The highest BCUT2D eigenvalue weighted by atomic mass is 32.2. The second kappa shape index (κ2) is 9.84. The number of anilines is 1. The van der Waals surface area contributed by atoms with E-state index in [1.54, 1.807) is 43.5 Å². The zero-order valence-corrected chi connectivity index (χ0v) is 16.9. The fraction of sp³-hybridized carbons (Fsp3) is 0.316. The molecular weight excluding hydrogens is 384 g/mol. The Labute approximate surface area is 165 Å². The number of benzene rings is 2. The monoisotopic (exact) mass is 408 g/mol. The first-order valence-corrected chi connectivity index (χ1v) is 10.4. The highest BCUT2D eigenvalue weighted by molar-refractivity contribution is 7.92. The van der Waals surface area contributed by atoms with E-state index in [4.69, 9.17) is 14.2 Å². The predicted molar refractivity (Wildman–Crippen MR) is 107 cm³/mol. The number of rotatable bonds is 10. The first kappa shape index (κ1) is 21.4. The Balaban J connectivity index is 1.72. The molecule has 0 aromatic heterocycles. The molecule has 0 saturated carbocycles. The van der Waals surface area contributed by atoms with Gasteiger partial charge in [-0.1, -0.05) is 12.1 Å². The SMILES string of the molecule is COc1ccccc1OCCNC(=O)COc1ccc(N(C)S(C)(=O)=O)cc1. The molecule has 0 fully saturated rings. The van der Waals surface area contributed by atoms with Gasteiger partial charge in [-0.3, -0.25) is 9.10 Å². The van der Waals surface area contributed by atoms with Crippen molar-refractivity contribution in [1.29, 1.82) is 0 Å². The Morgan fingerprint density at radius 2 is 1.68 bits per heavy atom. The summed E-state index contributed by atoms with van der Waals surface area (Å²) >= 11 is 0. The molecule has 0 atom stereocenters. The van der Waals surface area contributed by atoms with Crippen LogP contribution in [0.3, 0.4) is 0 Å².